The molecular formula is C17H24N2O2. The molecule has 21 heavy (non-hydrogen) atoms. The molecule has 1 N–H and O–H groups in total. The van der Waals surface area contributed by atoms with Crippen LogP contribution in [0.1, 0.15) is 32.1 Å². The quantitative estimate of drug-likeness (QED) is 0.929. The van der Waals surface area contributed by atoms with Gasteiger partial charge in [-0.25, -0.2) is 0 Å². The molecule has 1 aromatic carbocycles. The van der Waals surface area contributed by atoms with Gasteiger partial charge in [0, 0.05) is 13.0 Å². The summed E-state index contributed by atoms with van der Waals surface area (Å²) in [5.74, 6) is 1.72. The second kappa shape index (κ2) is 6.94. The number of ether oxygens (including phenoxy) is 1. The van der Waals surface area contributed by atoms with E-state index in [0.29, 0.717) is 18.9 Å². The molecule has 1 aromatic rings. The second-order valence-electron chi connectivity index (χ2n) is 5.97. The van der Waals surface area contributed by atoms with Gasteiger partial charge in [0.15, 0.2) is 0 Å². The topological polar surface area (TPSA) is 41.6 Å². The molecule has 2 heterocycles. The van der Waals surface area contributed by atoms with E-state index in [0.717, 1.165) is 43.9 Å². The molecule has 1 unspecified atom stereocenters. The van der Waals surface area contributed by atoms with Crippen molar-refractivity contribution < 1.29 is 9.53 Å². The molecule has 1 atom stereocenters. The number of carbonyl (C=O) groups excluding carboxylic acids is 1. The van der Waals surface area contributed by atoms with Crippen molar-refractivity contribution in [2.24, 2.45) is 5.92 Å². The van der Waals surface area contributed by atoms with E-state index in [1.807, 2.05) is 29.2 Å². The van der Waals surface area contributed by atoms with Crippen LogP contribution in [-0.4, -0.2) is 32.1 Å². The zero-order chi connectivity index (χ0) is 14.5. The zero-order valence-corrected chi connectivity index (χ0v) is 12.5. The van der Waals surface area contributed by atoms with Gasteiger partial charge in [0.25, 0.3) is 0 Å². The first-order chi connectivity index (χ1) is 10.3. The molecule has 1 saturated heterocycles. The molecule has 2 aliphatic heterocycles. The van der Waals surface area contributed by atoms with Crippen LogP contribution in [-0.2, 0) is 4.79 Å². The zero-order valence-electron chi connectivity index (χ0n) is 12.5. The molecule has 3 rings (SSSR count). The first-order valence-corrected chi connectivity index (χ1v) is 8.07. The van der Waals surface area contributed by atoms with Crippen LogP contribution in [0.5, 0.6) is 5.75 Å². The summed E-state index contributed by atoms with van der Waals surface area (Å²) in [5, 5.41) is 3.42. The number of carbonyl (C=O) groups is 1. The lowest BCUT2D eigenvalue weighted by Crippen LogP contribution is -2.34. The Bertz CT molecular complexity index is 483. The Morgan fingerprint density at radius 1 is 1.33 bits per heavy atom. The number of anilines is 1. The van der Waals surface area contributed by atoms with E-state index < -0.39 is 0 Å². The predicted octanol–water partition coefficient (Wildman–Crippen LogP) is 2.58. The van der Waals surface area contributed by atoms with Crippen molar-refractivity contribution in [2.45, 2.75) is 32.1 Å². The van der Waals surface area contributed by atoms with Gasteiger partial charge in [-0.2, -0.15) is 0 Å². The Morgan fingerprint density at radius 3 is 3.10 bits per heavy atom. The van der Waals surface area contributed by atoms with Gasteiger partial charge in [0.05, 0.1) is 12.3 Å². The molecule has 0 spiro atoms. The van der Waals surface area contributed by atoms with E-state index in [2.05, 4.69) is 5.32 Å². The second-order valence-corrected chi connectivity index (χ2v) is 5.97. The largest absolute Gasteiger partial charge is 0.491 e. The number of nitrogens with one attached hydrogen (secondary N) is 1. The van der Waals surface area contributed by atoms with Crippen molar-refractivity contribution in [3.05, 3.63) is 24.3 Å². The van der Waals surface area contributed by atoms with Crippen LogP contribution in [0.3, 0.4) is 0 Å². The molecule has 0 radical (unpaired) electrons. The first-order valence-electron chi connectivity index (χ1n) is 8.07. The molecular weight excluding hydrogens is 264 g/mol. The maximum Gasteiger partial charge on any atom is 0.227 e. The molecule has 4 nitrogen and oxygen atoms in total. The molecule has 1 fully saturated rings. The minimum Gasteiger partial charge on any atom is -0.491 e. The third-order valence-corrected chi connectivity index (χ3v) is 4.41. The Labute approximate surface area is 126 Å². The predicted molar refractivity (Wildman–Crippen MR) is 83.7 cm³/mol. The number of amides is 1. The minimum absolute atomic E-state index is 0.235. The van der Waals surface area contributed by atoms with Gasteiger partial charge in [0.2, 0.25) is 5.91 Å². The van der Waals surface area contributed by atoms with Crippen molar-refractivity contribution in [1.82, 2.24) is 5.32 Å². The lowest BCUT2D eigenvalue weighted by Gasteiger charge is -2.25. The molecule has 0 saturated carbocycles. The van der Waals surface area contributed by atoms with Crippen LogP contribution in [0.4, 0.5) is 5.69 Å². The van der Waals surface area contributed by atoms with Crippen molar-refractivity contribution in [3.63, 3.8) is 0 Å². The summed E-state index contributed by atoms with van der Waals surface area (Å²) in [6, 6.07) is 7.87. The number of nitrogens with zero attached hydrogens (tertiary/aromatic N) is 1. The maximum absolute atomic E-state index is 12.6. The van der Waals surface area contributed by atoms with E-state index >= 15 is 0 Å². The summed E-state index contributed by atoms with van der Waals surface area (Å²) in [4.78, 5) is 14.5. The van der Waals surface area contributed by atoms with Crippen molar-refractivity contribution in [1.29, 1.82) is 0 Å². The van der Waals surface area contributed by atoms with Gasteiger partial charge < -0.3 is 15.0 Å². The summed E-state index contributed by atoms with van der Waals surface area (Å²) in [5.41, 5.74) is 0.932. The van der Waals surface area contributed by atoms with Crippen LogP contribution < -0.4 is 15.0 Å². The molecule has 114 valence electrons. The normalized spacial score (nSPS) is 22.1. The molecule has 2 aliphatic rings. The molecule has 0 aliphatic carbocycles. The minimum atomic E-state index is 0.235. The number of hydrogen-bond donors (Lipinski definition) is 1. The average Bonchev–Trinajstić information content (AvgIpc) is 2.76. The Morgan fingerprint density at radius 2 is 2.24 bits per heavy atom. The highest BCUT2D eigenvalue weighted by Gasteiger charge is 2.23. The summed E-state index contributed by atoms with van der Waals surface area (Å²) in [6.07, 6.45) is 5.01. The molecule has 0 bridgehead atoms. The first kappa shape index (κ1) is 14.4. The number of piperidine rings is 1. The number of hydrogen-bond acceptors (Lipinski definition) is 3. The SMILES string of the molecule is O=C(CCC1CCCNC1)N1CCCOc2ccccc21. The Balaban J connectivity index is 1.63. The highest BCUT2D eigenvalue weighted by atomic mass is 16.5. The van der Waals surface area contributed by atoms with Crippen LogP contribution in [0, 0.1) is 5.92 Å². The van der Waals surface area contributed by atoms with Crippen LogP contribution >= 0.6 is 0 Å². The third-order valence-electron chi connectivity index (χ3n) is 4.41. The van der Waals surface area contributed by atoms with Gasteiger partial charge in [-0.1, -0.05) is 12.1 Å². The third kappa shape index (κ3) is 3.56. The summed E-state index contributed by atoms with van der Waals surface area (Å²) >= 11 is 0. The van der Waals surface area contributed by atoms with Crippen molar-refractivity contribution in [3.8, 4) is 5.75 Å². The smallest absolute Gasteiger partial charge is 0.227 e. The number of fused-ring (bicyclic) bond motifs is 1. The van der Waals surface area contributed by atoms with Gasteiger partial charge in [-0.3, -0.25) is 4.79 Å². The van der Waals surface area contributed by atoms with Crippen molar-refractivity contribution >= 4 is 11.6 Å². The highest BCUT2D eigenvalue weighted by Crippen LogP contribution is 2.31. The number of para-hydroxylation sites is 2. The summed E-state index contributed by atoms with van der Waals surface area (Å²) < 4.78 is 5.72. The van der Waals surface area contributed by atoms with Crippen LogP contribution in [0.15, 0.2) is 24.3 Å². The van der Waals surface area contributed by atoms with E-state index in [-0.39, 0.29) is 5.91 Å². The van der Waals surface area contributed by atoms with E-state index in [1.165, 1.54) is 12.8 Å². The summed E-state index contributed by atoms with van der Waals surface area (Å²) in [7, 11) is 0. The highest BCUT2D eigenvalue weighted by molar-refractivity contribution is 5.94. The monoisotopic (exact) mass is 288 g/mol. The van der Waals surface area contributed by atoms with E-state index in [1.54, 1.807) is 0 Å². The van der Waals surface area contributed by atoms with Gasteiger partial charge in [-0.15, -0.1) is 0 Å². The van der Waals surface area contributed by atoms with Crippen LogP contribution in [0.2, 0.25) is 0 Å². The van der Waals surface area contributed by atoms with E-state index in [4.69, 9.17) is 4.74 Å². The fraction of sp³-hybridized carbons (Fsp3) is 0.588. The molecule has 4 heteroatoms. The van der Waals surface area contributed by atoms with Crippen LogP contribution in [0.25, 0.3) is 0 Å². The van der Waals surface area contributed by atoms with Crippen molar-refractivity contribution in [2.75, 3.05) is 31.1 Å². The molecule has 1 amide bonds. The Hall–Kier alpha value is -1.55. The lowest BCUT2D eigenvalue weighted by molar-refractivity contribution is -0.118. The van der Waals surface area contributed by atoms with Gasteiger partial charge in [-0.05, 0) is 56.8 Å². The lowest BCUT2D eigenvalue weighted by atomic mass is 9.94. The van der Waals surface area contributed by atoms with Gasteiger partial charge >= 0.3 is 0 Å². The standard InChI is InChI=1S/C17H24N2O2/c20-17(9-8-14-5-3-10-18-13-14)19-11-4-12-21-16-7-2-1-6-15(16)19/h1-2,6-7,14,18H,3-5,8-13H2. The maximum atomic E-state index is 12.6. The number of rotatable bonds is 3. The van der Waals surface area contributed by atoms with E-state index in [9.17, 15) is 4.79 Å². The fourth-order valence-electron chi connectivity index (χ4n) is 3.22. The average molecular weight is 288 g/mol. The Kier molecular flexibility index (Phi) is 4.76. The van der Waals surface area contributed by atoms with Gasteiger partial charge in [0.1, 0.15) is 5.75 Å². The summed E-state index contributed by atoms with van der Waals surface area (Å²) in [6.45, 7) is 3.64. The number of benzene rings is 1. The fourth-order valence-corrected chi connectivity index (χ4v) is 3.22. The molecule has 0 aromatic heterocycles.